The number of nitrogens with zero attached hydrogens (tertiary/aromatic N) is 1. The van der Waals surface area contributed by atoms with Gasteiger partial charge in [0.2, 0.25) is 5.91 Å². The molecule has 0 saturated carbocycles. The van der Waals surface area contributed by atoms with Gasteiger partial charge in [0, 0.05) is 19.5 Å². The van der Waals surface area contributed by atoms with E-state index in [0.717, 1.165) is 18.5 Å². The van der Waals surface area contributed by atoms with Crippen molar-refractivity contribution in [1.82, 2.24) is 5.32 Å². The molecule has 0 aliphatic carbocycles. The van der Waals surface area contributed by atoms with Crippen molar-refractivity contribution in [2.75, 3.05) is 18.4 Å². The Kier molecular flexibility index (Phi) is 9.14. The van der Waals surface area contributed by atoms with Crippen molar-refractivity contribution < 1.29 is 4.79 Å². The fourth-order valence-corrected chi connectivity index (χ4v) is 2.31. The van der Waals surface area contributed by atoms with E-state index in [-0.39, 0.29) is 5.91 Å². The molecule has 0 heterocycles. The predicted molar refractivity (Wildman–Crippen MR) is 98.1 cm³/mol. The molecule has 0 aromatic heterocycles. The highest BCUT2D eigenvalue weighted by Gasteiger charge is 2.06. The summed E-state index contributed by atoms with van der Waals surface area (Å²) in [6, 6.07) is 5.52. The second kappa shape index (κ2) is 10.9. The number of aliphatic imine (C=N–C) groups is 1. The van der Waals surface area contributed by atoms with Crippen LogP contribution in [0.5, 0.6) is 0 Å². The van der Waals surface area contributed by atoms with Crippen LogP contribution in [0.3, 0.4) is 0 Å². The predicted octanol–water partition coefficient (Wildman–Crippen LogP) is 3.46. The molecule has 0 atom stereocenters. The molecule has 23 heavy (non-hydrogen) atoms. The van der Waals surface area contributed by atoms with Gasteiger partial charge in [-0.2, -0.15) is 0 Å². The number of anilines is 1. The van der Waals surface area contributed by atoms with Crippen LogP contribution in [0.1, 0.15) is 44.6 Å². The Morgan fingerprint density at radius 2 is 2.09 bits per heavy atom. The largest absolute Gasteiger partial charge is 0.370 e. The van der Waals surface area contributed by atoms with Crippen molar-refractivity contribution in [3.8, 4) is 0 Å². The van der Waals surface area contributed by atoms with Gasteiger partial charge in [0.25, 0.3) is 0 Å². The highest BCUT2D eigenvalue weighted by molar-refractivity contribution is 6.33. The van der Waals surface area contributed by atoms with E-state index in [1.807, 2.05) is 19.1 Å². The van der Waals surface area contributed by atoms with Crippen LogP contribution in [0.4, 0.5) is 5.69 Å². The zero-order valence-corrected chi connectivity index (χ0v) is 14.7. The molecule has 0 aliphatic heterocycles. The van der Waals surface area contributed by atoms with E-state index in [9.17, 15) is 4.79 Å². The number of carbonyl (C=O) groups excluding carboxylic acids is 1. The molecule has 4 N–H and O–H groups in total. The number of carbonyl (C=O) groups is 1. The molecule has 6 heteroatoms. The first-order valence-electron chi connectivity index (χ1n) is 8.12. The number of halogens is 1. The second-order valence-electron chi connectivity index (χ2n) is 5.54. The second-order valence-corrected chi connectivity index (χ2v) is 5.94. The molecule has 1 aromatic rings. The summed E-state index contributed by atoms with van der Waals surface area (Å²) in [6.45, 7) is 5.30. The van der Waals surface area contributed by atoms with Gasteiger partial charge in [-0.15, -0.1) is 0 Å². The summed E-state index contributed by atoms with van der Waals surface area (Å²) in [5, 5.41) is 6.27. The van der Waals surface area contributed by atoms with Gasteiger partial charge in [0.15, 0.2) is 5.96 Å². The number of guanidine groups is 1. The van der Waals surface area contributed by atoms with E-state index in [1.54, 1.807) is 6.07 Å². The summed E-state index contributed by atoms with van der Waals surface area (Å²) in [4.78, 5) is 16.1. The maximum atomic E-state index is 11.9. The highest BCUT2D eigenvalue weighted by Crippen LogP contribution is 2.22. The molecular formula is C17H27ClN4O. The van der Waals surface area contributed by atoms with Gasteiger partial charge in [-0.3, -0.25) is 9.79 Å². The number of amides is 1. The molecule has 0 unspecified atom stereocenters. The lowest BCUT2D eigenvalue weighted by atomic mass is 10.2. The Hall–Kier alpha value is -1.75. The molecule has 5 nitrogen and oxygen atoms in total. The molecule has 0 fully saturated rings. The van der Waals surface area contributed by atoms with Gasteiger partial charge >= 0.3 is 0 Å². The van der Waals surface area contributed by atoms with Gasteiger partial charge in [-0.1, -0.05) is 43.9 Å². The monoisotopic (exact) mass is 338 g/mol. The van der Waals surface area contributed by atoms with Gasteiger partial charge in [0.05, 0.1) is 10.7 Å². The topological polar surface area (TPSA) is 79.5 Å². The number of aryl methyl sites for hydroxylation is 1. The fraction of sp³-hybridized carbons (Fsp3) is 0.529. The average molecular weight is 339 g/mol. The number of nitrogens with two attached hydrogens (primary N) is 1. The van der Waals surface area contributed by atoms with Crippen LogP contribution in [0.15, 0.2) is 23.2 Å². The molecule has 1 aromatic carbocycles. The van der Waals surface area contributed by atoms with Crippen LogP contribution in [0.25, 0.3) is 0 Å². The van der Waals surface area contributed by atoms with Crippen molar-refractivity contribution in [2.45, 2.75) is 46.0 Å². The summed E-state index contributed by atoms with van der Waals surface area (Å²) < 4.78 is 0. The fourth-order valence-electron chi connectivity index (χ4n) is 2.03. The summed E-state index contributed by atoms with van der Waals surface area (Å²) in [5.74, 6) is 0.279. The van der Waals surface area contributed by atoms with Crippen LogP contribution in [-0.4, -0.2) is 25.0 Å². The van der Waals surface area contributed by atoms with Crippen LogP contribution < -0.4 is 16.4 Å². The Morgan fingerprint density at radius 1 is 1.30 bits per heavy atom. The van der Waals surface area contributed by atoms with Crippen LogP contribution in [0, 0.1) is 6.92 Å². The Balaban J connectivity index is 2.24. The Labute approximate surface area is 143 Å². The molecule has 1 amide bonds. The minimum absolute atomic E-state index is 0.112. The SMILES string of the molecule is CCCCCCN=C(N)NCCC(=O)Nc1ccc(C)cc1Cl. The first-order chi connectivity index (χ1) is 11.0. The van der Waals surface area contributed by atoms with E-state index < -0.39 is 0 Å². The Morgan fingerprint density at radius 3 is 2.78 bits per heavy atom. The molecule has 128 valence electrons. The van der Waals surface area contributed by atoms with E-state index in [2.05, 4.69) is 22.5 Å². The molecule has 0 radical (unpaired) electrons. The van der Waals surface area contributed by atoms with E-state index in [1.165, 1.54) is 19.3 Å². The number of hydrogen-bond donors (Lipinski definition) is 3. The van der Waals surface area contributed by atoms with Gasteiger partial charge in [-0.25, -0.2) is 0 Å². The number of benzene rings is 1. The molecule has 0 spiro atoms. The van der Waals surface area contributed by atoms with Crippen molar-refractivity contribution >= 4 is 29.2 Å². The summed E-state index contributed by atoms with van der Waals surface area (Å²) in [7, 11) is 0. The van der Waals surface area contributed by atoms with Crippen LogP contribution >= 0.6 is 11.6 Å². The summed E-state index contributed by atoms with van der Waals surface area (Å²) in [5.41, 5.74) is 7.43. The van der Waals surface area contributed by atoms with Gasteiger partial charge < -0.3 is 16.4 Å². The average Bonchev–Trinajstić information content (AvgIpc) is 2.50. The molecule has 0 saturated heterocycles. The standard InChI is InChI=1S/C17H27ClN4O/c1-3-4-5-6-10-20-17(19)21-11-9-16(23)22-15-8-7-13(2)12-14(15)18/h7-8,12H,3-6,9-11H2,1-2H3,(H,22,23)(H3,19,20,21). The van der Waals surface area contributed by atoms with Gasteiger partial charge in [-0.05, 0) is 31.0 Å². The van der Waals surface area contributed by atoms with Crippen molar-refractivity contribution in [1.29, 1.82) is 0 Å². The lowest BCUT2D eigenvalue weighted by Crippen LogP contribution is -2.34. The third-order valence-corrected chi connectivity index (χ3v) is 3.66. The number of unbranched alkanes of at least 4 members (excludes halogenated alkanes) is 3. The van der Waals surface area contributed by atoms with Crippen LogP contribution in [0.2, 0.25) is 5.02 Å². The van der Waals surface area contributed by atoms with Crippen molar-refractivity contribution in [3.63, 3.8) is 0 Å². The maximum absolute atomic E-state index is 11.9. The molecule has 0 aliphatic rings. The third-order valence-electron chi connectivity index (χ3n) is 3.35. The number of hydrogen-bond acceptors (Lipinski definition) is 2. The first-order valence-corrected chi connectivity index (χ1v) is 8.50. The van der Waals surface area contributed by atoms with Crippen molar-refractivity contribution in [3.05, 3.63) is 28.8 Å². The normalized spacial score (nSPS) is 11.3. The minimum Gasteiger partial charge on any atom is -0.370 e. The first kappa shape index (κ1) is 19.3. The van der Waals surface area contributed by atoms with E-state index in [4.69, 9.17) is 17.3 Å². The van der Waals surface area contributed by atoms with E-state index in [0.29, 0.717) is 29.6 Å². The summed E-state index contributed by atoms with van der Waals surface area (Å²) in [6.07, 6.45) is 4.95. The maximum Gasteiger partial charge on any atom is 0.226 e. The Bertz CT molecular complexity index is 531. The zero-order valence-electron chi connectivity index (χ0n) is 14.0. The lowest BCUT2D eigenvalue weighted by molar-refractivity contribution is -0.116. The van der Waals surface area contributed by atoms with Gasteiger partial charge in [0.1, 0.15) is 0 Å². The molecule has 0 bridgehead atoms. The van der Waals surface area contributed by atoms with Crippen molar-refractivity contribution in [2.24, 2.45) is 10.7 Å². The lowest BCUT2D eigenvalue weighted by Gasteiger charge is -2.09. The number of rotatable bonds is 9. The summed E-state index contributed by atoms with van der Waals surface area (Å²) >= 11 is 6.08. The molecular weight excluding hydrogens is 312 g/mol. The third kappa shape index (κ3) is 8.45. The van der Waals surface area contributed by atoms with E-state index >= 15 is 0 Å². The quantitative estimate of drug-likeness (QED) is 0.366. The number of nitrogens with one attached hydrogen (secondary N) is 2. The van der Waals surface area contributed by atoms with Crippen LogP contribution in [-0.2, 0) is 4.79 Å². The molecule has 1 rings (SSSR count). The smallest absolute Gasteiger partial charge is 0.226 e. The zero-order chi connectivity index (χ0) is 17.1. The highest BCUT2D eigenvalue weighted by atomic mass is 35.5. The minimum atomic E-state index is -0.112.